The average molecular weight is 773 g/mol. The second-order valence-corrected chi connectivity index (χ2v) is 19.6. The number of nitro groups is 1. The van der Waals surface area contributed by atoms with E-state index in [-0.39, 0.29) is 36.6 Å². The number of benzene rings is 4. The lowest BCUT2D eigenvalue weighted by molar-refractivity contribution is -0.385. The number of fused-ring (bicyclic) bond motifs is 3. The number of hydrogen-bond acceptors (Lipinski definition) is 9. The monoisotopic (exact) mass is 772 g/mol. The van der Waals surface area contributed by atoms with E-state index in [1.54, 1.807) is 26.7 Å². The molecule has 2 N–H and O–H groups in total. The second kappa shape index (κ2) is 14.5. The Kier molecular flexibility index (Phi) is 9.69. The van der Waals surface area contributed by atoms with Crippen LogP contribution >= 0.6 is 0 Å². The number of amides is 2. The van der Waals surface area contributed by atoms with Gasteiger partial charge in [-0.25, -0.2) is 0 Å². The van der Waals surface area contributed by atoms with Crippen molar-refractivity contribution in [1.82, 2.24) is 15.0 Å². The molecule has 56 heavy (non-hydrogen) atoms. The molecule has 1 fully saturated rings. The Morgan fingerprint density at radius 3 is 2.50 bits per heavy atom. The fraction of sp³-hybridized carbons (Fsp3) is 0.333. The molecular formula is C42H44N6O7Si. The van der Waals surface area contributed by atoms with E-state index in [1.165, 1.54) is 12.1 Å². The van der Waals surface area contributed by atoms with Crippen molar-refractivity contribution in [2.24, 2.45) is 5.92 Å². The fourth-order valence-corrected chi connectivity index (χ4v) is 11.8. The number of nitro benzene ring substituents is 1. The standard InChI is InChI=1S/C42H44N6O7Si/c1-27-40(56(2,3)54)38(20-21-45-25-35(43-44-45)33(26-49)29-11-5-4-6-12-29)55-42(27)34-23-32(48(52)53)17-18-37(34)46(41(42)51)24-28-10-9-14-31(22-28)47-36-15-8-7-13-30(36)16-19-39(47)50/h4-15,17-18,22-23,25,27,33,38,40,49,54H,16,19-21,24,26H2,1-3H3/t27-,33?,38+,40-,42+/m1/s1. The van der Waals surface area contributed by atoms with Gasteiger partial charge in [-0.1, -0.05) is 72.8 Å². The van der Waals surface area contributed by atoms with Crippen LogP contribution in [0.3, 0.4) is 0 Å². The number of aliphatic hydroxyl groups is 1. The second-order valence-electron chi connectivity index (χ2n) is 15.6. The van der Waals surface area contributed by atoms with Crippen molar-refractivity contribution < 1.29 is 29.2 Å². The van der Waals surface area contributed by atoms with Gasteiger partial charge in [0.25, 0.3) is 11.6 Å². The first-order chi connectivity index (χ1) is 26.9. The first kappa shape index (κ1) is 37.4. The van der Waals surface area contributed by atoms with Crippen LogP contribution in [0.1, 0.15) is 53.6 Å². The first-order valence-electron chi connectivity index (χ1n) is 19.0. The van der Waals surface area contributed by atoms with E-state index in [1.807, 2.05) is 98.9 Å². The molecule has 1 aromatic heterocycles. The Balaban J connectivity index is 1.11. The summed E-state index contributed by atoms with van der Waals surface area (Å²) in [5, 5.41) is 31.0. The maximum Gasteiger partial charge on any atom is 0.269 e. The Hall–Kier alpha value is -5.54. The molecule has 0 radical (unpaired) electrons. The van der Waals surface area contributed by atoms with Crippen LogP contribution in [-0.4, -0.2) is 62.7 Å². The quantitative estimate of drug-likeness (QED) is 0.0884. The Morgan fingerprint density at radius 1 is 0.982 bits per heavy atom. The molecule has 8 rings (SSSR count). The number of carbonyl (C=O) groups is 2. The van der Waals surface area contributed by atoms with Crippen LogP contribution in [0.2, 0.25) is 18.6 Å². The largest absolute Gasteiger partial charge is 0.432 e. The van der Waals surface area contributed by atoms with Crippen LogP contribution < -0.4 is 9.80 Å². The minimum absolute atomic E-state index is 0.0118. The van der Waals surface area contributed by atoms with Crippen LogP contribution in [0.5, 0.6) is 0 Å². The molecule has 5 atom stereocenters. The summed E-state index contributed by atoms with van der Waals surface area (Å²) >= 11 is 0. The number of rotatable bonds is 11. The lowest BCUT2D eigenvalue weighted by Crippen LogP contribution is -2.46. The van der Waals surface area contributed by atoms with E-state index in [4.69, 9.17) is 4.74 Å². The van der Waals surface area contributed by atoms with Crippen molar-refractivity contribution in [3.05, 3.63) is 141 Å². The van der Waals surface area contributed by atoms with Crippen molar-refractivity contribution in [2.75, 3.05) is 16.4 Å². The summed E-state index contributed by atoms with van der Waals surface area (Å²) in [6.45, 7) is 5.92. The highest BCUT2D eigenvalue weighted by molar-refractivity contribution is 6.71. The predicted molar refractivity (Wildman–Crippen MR) is 212 cm³/mol. The lowest BCUT2D eigenvalue weighted by atomic mass is 9.82. The van der Waals surface area contributed by atoms with E-state index in [9.17, 15) is 24.8 Å². The van der Waals surface area contributed by atoms with Gasteiger partial charge in [0, 0.05) is 54.0 Å². The van der Waals surface area contributed by atoms with E-state index in [0.29, 0.717) is 48.4 Å². The number of carbonyl (C=O) groups excluding carboxylic acids is 2. The third-order valence-electron chi connectivity index (χ3n) is 11.7. The molecular weight excluding hydrogens is 729 g/mol. The molecule has 4 heterocycles. The van der Waals surface area contributed by atoms with Crippen molar-refractivity contribution in [2.45, 2.75) is 75.5 Å². The third-order valence-corrected chi connectivity index (χ3v) is 14.2. The summed E-state index contributed by atoms with van der Waals surface area (Å²) in [7, 11) is -3.03. The number of hydrogen-bond donors (Lipinski definition) is 2. The van der Waals surface area contributed by atoms with Gasteiger partial charge in [-0.2, -0.15) is 0 Å². The molecule has 1 spiro atoms. The zero-order valence-corrected chi connectivity index (χ0v) is 32.5. The van der Waals surface area contributed by atoms with Crippen molar-refractivity contribution in [3.8, 4) is 0 Å². The van der Waals surface area contributed by atoms with Crippen LogP contribution in [0.4, 0.5) is 22.7 Å². The minimum atomic E-state index is -3.03. The summed E-state index contributed by atoms with van der Waals surface area (Å²) < 4.78 is 8.63. The van der Waals surface area contributed by atoms with Crippen LogP contribution in [0.25, 0.3) is 0 Å². The van der Waals surface area contributed by atoms with Crippen LogP contribution in [0.15, 0.2) is 103 Å². The number of aryl methyl sites for hydroxylation is 2. The lowest BCUT2D eigenvalue weighted by Gasteiger charge is -2.32. The summed E-state index contributed by atoms with van der Waals surface area (Å²) in [5.74, 6) is -1.25. The van der Waals surface area contributed by atoms with Crippen LogP contribution in [-0.2, 0) is 39.4 Å². The van der Waals surface area contributed by atoms with Crippen molar-refractivity contribution in [3.63, 3.8) is 0 Å². The van der Waals surface area contributed by atoms with Crippen LogP contribution in [0, 0.1) is 16.0 Å². The predicted octanol–water partition coefficient (Wildman–Crippen LogP) is 6.36. The Bertz CT molecular complexity index is 2310. The highest BCUT2D eigenvalue weighted by Gasteiger charge is 2.66. The van der Waals surface area contributed by atoms with E-state index in [0.717, 1.165) is 22.4 Å². The molecule has 1 saturated heterocycles. The van der Waals surface area contributed by atoms with Gasteiger partial charge in [0.1, 0.15) is 0 Å². The first-order valence-corrected chi connectivity index (χ1v) is 22.0. The molecule has 5 aromatic rings. The minimum Gasteiger partial charge on any atom is -0.432 e. The number of nitrogens with zero attached hydrogens (tertiary/aromatic N) is 6. The number of aromatic nitrogens is 3. The van der Waals surface area contributed by atoms with Gasteiger partial charge in [-0.05, 0) is 66.9 Å². The van der Waals surface area contributed by atoms with E-state index in [2.05, 4.69) is 10.3 Å². The molecule has 4 aromatic carbocycles. The smallest absolute Gasteiger partial charge is 0.269 e. The Morgan fingerprint density at radius 2 is 1.75 bits per heavy atom. The maximum absolute atomic E-state index is 15.1. The average Bonchev–Trinajstić information content (AvgIpc) is 3.84. The molecule has 2 amide bonds. The maximum atomic E-state index is 15.1. The molecule has 0 aliphatic carbocycles. The highest BCUT2D eigenvalue weighted by Crippen LogP contribution is 2.60. The summed E-state index contributed by atoms with van der Waals surface area (Å²) in [6.07, 6.45) is 2.65. The summed E-state index contributed by atoms with van der Waals surface area (Å²) in [6, 6.07) is 29.4. The topological polar surface area (TPSA) is 164 Å². The highest BCUT2D eigenvalue weighted by atomic mass is 28.4. The van der Waals surface area contributed by atoms with Gasteiger partial charge >= 0.3 is 0 Å². The molecule has 0 bridgehead atoms. The van der Waals surface area contributed by atoms with Crippen molar-refractivity contribution >= 4 is 42.9 Å². The normalized spacial score (nSPS) is 22.4. The number of ether oxygens (including phenoxy) is 1. The van der Waals surface area contributed by atoms with Gasteiger partial charge < -0.3 is 19.5 Å². The number of non-ortho nitro benzene ring substituents is 1. The molecule has 0 saturated carbocycles. The summed E-state index contributed by atoms with van der Waals surface area (Å²) in [4.78, 5) is 55.1. The molecule has 288 valence electrons. The van der Waals surface area contributed by atoms with Gasteiger partial charge in [0.15, 0.2) is 13.9 Å². The number of para-hydroxylation sites is 1. The SMILES string of the molecule is C[C@@H]1[C@@H]([Si](C)(C)O)[C@H](CCn2cc(C(CO)c3ccccc3)nn2)O[C@@]12C(=O)N(Cc1cccc(N3C(=O)CCc4ccccc43)c1)c1ccc([N+](=O)[O-])cc12. The van der Waals surface area contributed by atoms with Gasteiger partial charge in [-0.3, -0.25) is 29.3 Å². The number of aliphatic hydroxyl groups excluding tert-OH is 1. The van der Waals surface area contributed by atoms with Crippen molar-refractivity contribution in [1.29, 1.82) is 0 Å². The third kappa shape index (κ3) is 6.41. The fourth-order valence-electron chi connectivity index (χ4n) is 9.19. The van der Waals surface area contributed by atoms with Gasteiger partial charge in [0.2, 0.25) is 5.91 Å². The van der Waals surface area contributed by atoms with E-state index >= 15 is 4.79 Å². The molecule has 3 aliphatic heterocycles. The Labute approximate surface area is 325 Å². The molecule has 14 heteroatoms. The summed E-state index contributed by atoms with van der Waals surface area (Å²) in [5.41, 5.74) is 3.65. The van der Waals surface area contributed by atoms with E-state index < -0.39 is 36.4 Å². The van der Waals surface area contributed by atoms with Gasteiger partial charge in [0.05, 0.1) is 47.2 Å². The van der Waals surface area contributed by atoms with Gasteiger partial charge in [-0.15, -0.1) is 5.10 Å². The molecule has 3 aliphatic rings. The molecule has 1 unspecified atom stereocenters. The zero-order valence-electron chi connectivity index (χ0n) is 31.5. The number of anilines is 3. The zero-order chi connectivity index (χ0) is 39.4. The molecule has 13 nitrogen and oxygen atoms in total.